The average Bonchev–Trinajstić information content (AvgIpc) is 2.33. The molecule has 1 aromatic rings. The molecule has 3 heteroatoms. The molecule has 0 atom stereocenters. The van der Waals surface area contributed by atoms with E-state index in [0.29, 0.717) is 6.54 Å². The number of hydrogen-bond acceptors (Lipinski definition) is 3. The Balaban J connectivity index is 2.39. The highest BCUT2D eigenvalue weighted by Gasteiger charge is 1.93. The lowest BCUT2D eigenvalue weighted by molar-refractivity contribution is 0.218. The zero-order valence-corrected chi connectivity index (χ0v) is 10.3. The smallest absolute Gasteiger partial charge is 0.0555 e. The van der Waals surface area contributed by atoms with E-state index < -0.39 is 0 Å². The highest BCUT2D eigenvalue weighted by Crippen LogP contribution is 2.12. The maximum atomic E-state index is 5.31. The molecule has 0 fully saturated rings. The second kappa shape index (κ2) is 8.23. The summed E-state index contributed by atoms with van der Waals surface area (Å²) < 4.78 is 4.99. The predicted octanol–water partition coefficient (Wildman–Crippen LogP) is 1.88. The van der Waals surface area contributed by atoms with Crippen molar-refractivity contribution in [2.75, 3.05) is 26.0 Å². The molecule has 1 rings (SSSR count). The number of rotatable bonds is 5. The molecule has 0 saturated carbocycles. The van der Waals surface area contributed by atoms with Gasteiger partial charge < -0.3 is 10.5 Å². The van der Waals surface area contributed by atoms with E-state index in [1.54, 1.807) is 7.11 Å². The largest absolute Gasteiger partial charge is 0.384 e. The number of thioether (sulfide) groups is 1. The van der Waals surface area contributed by atoms with Gasteiger partial charge in [-0.1, -0.05) is 24.0 Å². The summed E-state index contributed by atoms with van der Waals surface area (Å²) in [5.41, 5.74) is 7.65. The minimum atomic E-state index is 0.411. The van der Waals surface area contributed by atoms with E-state index in [0.717, 1.165) is 23.7 Å². The zero-order chi connectivity index (χ0) is 11.6. The van der Waals surface area contributed by atoms with Gasteiger partial charge in [0.25, 0.3) is 0 Å². The third kappa shape index (κ3) is 5.22. The van der Waals surface area contributed by atoms with Gasteiger partial charge in [0.15, 0.2) is 0 Å². The van der Waals surface area contributed by atoms with Crippen molar-refractivity contribution in [2.24, 2.45) is 5.73 Å². The summed E-state index contributed by atoms with van der Waals surface area (Å²) in [4.78, 5) is 0. The van der Waals surface area contributed by atoms with Crippen molar-refractivity contribution in [3.63, 3.8) is 0 Å². The molecule has 0 bridgehead atoms. The summed E-state index contributed by atoms with van der Waals surface area (Å²) >= 11 is 1.87. The topological polar surface area (TPSA) is 35.2 Å². The van der Waals surface area contributed by atoms with Crippen LogP contribution >= 0.6 is 11.8 Å². The number of methoxy groups -OCH3 is 1. The first-order valence-corrected chi connectivity index (χ1v) is 6.37. The Bertz CT molecular complexity index is 350. The van der Waals surface area contributed by atoms with E-state index in [1.165, 1.54) is 5.56 Å². The van der Waals surface area contributed by atoms with Crippen LogP contribution in [-0.4, -0.2) is 26.0 Å². The lowest BCUT2D eigenvalue weighted by Gasteiger charge is -2.01. The van der Waals surface area contributed by atoms with Crippen molar-refractivity contribution in [1.29, 1.82) is 0 Å². The Kier molecular flexibility index (Phi) is 6.75. The molecule has 16 heavy (non-hydrogen) atoms. The van der Waals surface area contributed by atoms with Gasteiger partial charge in [-0.3, -0.25) is 0 Å². The number of hydrogen-bond donors (Lipinski definition) is 1. The standard InChI is InChI=1S/C13H17NOS/c1-15-9-10-16-11-13-6-4-12(5-7-13)3-2-8-14/h4-7H,8-11,14H2,1H3. The van der Waals surface area contributed by atoms with Crippen molar-refractivity contribution in [1.82, 2.24) is 0 Å². The summed E-state index contributed by atoms with van der Waals surface area (Å²) in [5, 5.41) is 0. The van der Waals surface area contributed by atoms with E-state index in [2.05, 4.69) is 24.0 Å². The molecule has 0 aromatic heterocycles. The Morgan fingerprint density at radius 1 is 1.31 bits per heavy atom. The number of ether oxygens (including phenoxy) is 1. The summed E-state index contributed by atoms with van der Waals surface area (Å²) in [7, 11) is 1.73. The fourth-order valence-corrected chi connectivity index (χ4v) is 2.03. The Labute approximate surface area is 102 Å². The van der Waals surface area contributed by atoms with Crippen molar-refractivity contribution in [3.05, 3.63) is 35.4 Å². The van der Waals surface area contributed by atoms with Crippen LogP contribution in [-0.2, 0) is 10.5 Å². The molecule has 0 aliphatic carbocycles. The van der Waals surface area contributed by atoms with Gasteiger partial charge in [0.2, 0.25) is 0 Å². The van der Waals surface area contributed by atoms with Gasteiger partial charge in [-0.2, -0.15) is 11.8 Å². The monoisotopic (exact) mass is 235 g/mol. The van der Waals surface area contributed by atoms with Crippen LogP contribution in [0.1, 0.15) is 11.1 Å². The molecule has 0 saturated heterocycles. The van der Waals surface area contributed by atoms with Crippen LogP contribution in [0.15, 0.2) is 24.3 Å². The number of nitrogens with two attached hydrogens (primary N) is 1. The quantitative estimate of drug-likeness (QED) is 0.625. The van der Waals surface area contributed by atoms with Gasteiger partial charge in [0.1, 0.15) is 0 Å². The Morgan fingerprint density at radius 3 is 2.69 bits per heavy atom. The summed E-state index contributed by atoms with van der Waals surface area (Å²) in [6.07, 6.45) is 0. The third-order valence-electron chi connectivity index (χ3n) is 1.99. The molecular weight excluding hydrogens is 218 g/mol. The van der Waals surface area contributed by atoms with Crippen molar-refractivity contribution in [3.8, 4) is 11.8 Å². The van der Waals surface area contributed by atoms with Crippen LogP contribution in [0.25, 0.3) is 0 Å². The van der Waals surface area contributed by atoms with Crippen LogP contribution < -0.4 is 5.73 Å². The van der Waals surface area contributed by atoms with Crippen LogP contribution in [0.4, 0.5) is 0 Å². The minimum absolute atomic E-state index is 0.411. The minimum Gasteiger partial charge on any atom is -0.384 e. The van der Waals surface area contributed by atoms with Crippen LogP contribution in [0.2, 0.25) is 0 Å². The second-order valence-electron chi connectivity index (χ2n) is 3.25. The highest BCUT2D eigenvalue weighted by atomic mass is 32.2. The molecule has 2 N–H and O–H groups in total. The first kappa shape index (κ1) is 13.1. The van der Waals surface area contributed by atoms with Gasteiger partial charge in [0.05, 0.1) is 13.2 Å². The van der Waals surface area contributed by atoms with Gasteiger partial charge in [-0.05, 0) is 17.7 Å². The summed E-state index contributed by atoms with van der Waals surface area (Å²) in [6, 6.07) is 8.30. The number of benzene rings is 1. The first-order chi connectivity index (χ1) is 7.86. The fraction of sp³-hybridized carbons (Fsp3) is 0.385. The molecule has 0 radical (unpaired) electrons. The molecule has 2 nitrogen and oxygen atoms in total. The van der Waals surface area contributed by atoms with Gasteiger partial charge in [-0.25, -0.2) is 0 Å². The van der Waals surface area contributed by atoms with Gasteiger partial charge in [0, 0.05) is 24.2 Å². The molecule has 0 unspecified atom stereocenters. The molecule has 86 valence electrons. The predicted molar refractivity (Wildman–Crippen MR) is 70.4 cm³/mol. The molecule has 0 spiro atoms. The third-order valence-corrected chi connectivity index (χ3v) is 2.98. The van der Waals surface area contributed by atoms with Crippen LogP contribution in [0.5, 0.6) is 0 Å². The molecular formula is C13H17NOS. The molecule has 0 heterocycles. The van der Waals surface area contributed by atoms with E-state index in [1.807, 2.05) is 23.9 Å². The Hall–Kier alpha value is -0.950. The normalized spacial score (nSPS) is 9.62. The Morgan fingerprint density at radius 2 is 2.06 bits per heavy atom. The molecule has 0 aliphatic heterocycles. The van der Waals surface area contributed by atoms with Crippen molar-refractivity contribution < 1.29 is 4.74 Å². The fourth-order valence-electron chi connectivity index (χ4n) is 1.17. The maximum absolute atomic E-state index is 5.31. The lowest BCUT2D eigenvalue weighted by atomic mass is 10.1. The van der Waals surface area contributed by atoms with E-state index in [9.17, 15) is 0 Å². The van der Waals surface area contributed by atoms with E-state index >= 15 is 0 Å². The summed E-state index contributed by atoms with van der Waals surface area (Å²) in [5.74, 6) is 7.90. The van der Waals surface area contributed by atoms with E-state index in [-0.39, 0.29) is 0 Å². The van der Waals surface area contributed by atoms with Crippen LogP contribution in [0.3, 0.4) is 0 Å². The van der Waals surface area contributed by atoms with Crippen molar-refractivity contribution >= 4 is 11.8 Å². The molecule has 0 aliphatic rings. The zero-order valence-electron chi connectivity index (χ0n) is 9.53. The van der Waals surface area contributed by atoms with Crippen LogP contribution in [0, 0.1) is 11.8 Å². The highest BCUT2D eigenvalue weighted by molar-refractivity contribution is 7.98. The first-order valence-electron chi connectivity index (χ1n) is 5.21. The molecule has 1 aromatic carbocycles. The van der Waals surface area contributed by atoms with E-state index in [4.69, 9.17) is 10.5 Å². The SMILES string of the molecule is COCCSCc1ccc(C#CCN)cc1. The maximum Gasteiger partial charge on any atom is 0.0555 e. The van der Waals surface area contributed by atoms with Gasteiger partial charge >= 0.3 is 0 Å². The van der Waals surface area contributed by atoms with Gasteiger partial charge in [-0.15, -0.1) is 0 Å². The summed E-state index contributed by atoms with van der Waals surface area (Å²) in [6.45, 7) is 1.22. The molecule has 0 amide bonds. The van der Waals surface area contributed by atoms with Crippen molar-refractivity contribution in [2.45, 2.75) is 5.75 Å². The lowest BCUT2D eigenvalue weighted by Crippen LogP contribution is -1.93. The second-order valence-corrected chi connectivity index (χ2v) is 4.35. The average molecular weight is 235 g/mol.